The van der Waals surface area contributed by atoms with Gasteiger partial charge in [0.1, 0.15) is 11.6 Å². The van der Waals surface area contributed by atoms with E-state index in [4.69, 9.17) is 4.74 Å². The highest BCUT2D eigenvalue weighted by atomic mass is 19.1. The SMILES string of the molecule is CCC(=O)N1CCc2ccc(O[C@@H](CC)C(=O)NC(C)C)cc2[C@@H]1c1cccc(F)c1. The van der Waals surface area contributed by atoms with E-state index in [1.807, 2.05) is 56.9 Å². The van der Waals surface area contributed by atoms with Crippen LogP contribution in [0.15, 0.2) is 42.5 Å². The average molecular weight is 427 g/mol. The summed E-state index contributed by atoms with van der Waals surface area (Å²) in [7, 11) is 0. The molecule has 3 rings (SSSR count). The summed E-state index contributed by atoms with van der Waals surface area (Å²) in [5.74, 6) is 0.0997. The van der Waals surface area contributed by atoms with Crippen molar-refractivity contribution in [3.8, 4) is 5.75 Å². The molecular formula is C25H31FN2O3. The number of rotatable bonds is 7. The van der Waals surface area contributed by atoms with Gasteiger partial charge in [-0.2, -0.15) is 0 Å². The van der Waals surface area contributed by atoms with Gasteiger partial charge in [0, 0.05) is 19.0 Å². The van der Waals surface area contributed by atoms with Gasteiger partial charge in [0.05, 0.1) is 6.04 Å². The van der Waals surface area contributed by atoms with E-state index >= 15 is 0 Å². The molecular weight excluding hydrogens is 395 g/mol. The molecule has 0 spiro atoms. The van der Waals surface area contributed by atoms with Gasteiger partial charge >= 0.3 is 0 Å². The first-order valence-electron chi connectivity index (χ1n) is 11.0. The van der Waals surface area contributed by atoms with Crippen LogP contribution in [0.2, 0.25) is 0 Å². The van der Waals surface area contributed by atoms with E-state index in [1.54, 1.807) is 6.07 Å². The number of fused-ring (bicyclic) bond motifs is 1. The Morgan fingerprint density at radius 1 is 1.19 bits per heavy atom. The van der Waals surface area contributed by atoms with Crippen LogP contribution in [0.25, 0.3) is 0 Å². The Labute approximate surface area is 183 Å². The minimum atomic E-state index is -0.606. The van der Waals surface area contributed by atoms with Gasteiger partial charge in [-0.25, -0.2) is 4.39 Å². The first-order valence-corrected chi connectivity index (χ1v) is 11.0. The zero-order chi connectivity index (χ0) is 22.5. The molecule has 0 saturated heterocycles. The summed E-state index contributed by atoms with van der Waals surface area (Å²) < 4.78 is 20.1. The summed E-state index contributed by atoms with van der Waals surface area (Å²) in [5.41, 5.74) is 2.74. The van der Waals surface area contributed by atoms with Crippen LogP contribution >= 0.6 is 0 Å². The standard InChI is InChI=1S/C25H31FN2O3/c1-5-22(25(30)27-16(3)4)31-20-11-10-17-12-13-28(23(29)6-2)24(21(17)15-20)18-8-7-9-19(26)14-18/h7-11,14-16,22,24H,5-6,12-13H2,1-4H3,(H,27,30)/t22-,24-/m0/s1. The molecule has 166 valence electrons. The number of hydrogen-bond acceptors (Lipinski definition) is 3. The molecule has 2 atom stereocenters. The molecule has 1 aliphatic heterocycles. The summed E-state index contributed by atoms with van der Waals surface area (Å²) in [6.45, 7) is 8.13. The highest BCUT2D eigenvalue weighted by Crippen LogP contribution is 2.38. The average Bonchev–Trinajstić information content (AvgIpc) is 2.75. The summed E-state index contributed by atoms with van der Waals surface area (Å²) in [5, 5.41) is 2.89. The molecule has 5 nitrogen and oxygen atoms in total. The minimum Gasteiger partial charge on any atom is -0.481 e. The lowest BCUT2D eigenvalue weighted by Gasteiger charge is -2.38. The molecule has 0 radical (unpaired) electrons. The third kappa shape index (κ3) is 5.24. The quantitative estimate of drug-likeness (QED) is 0.714. The topological polar surface area (TPSA) is 58.6 Å². The number of nitrogens with zero attached hydrogens (tertiary/aromatic N) is 1. The van der Waals surface area contributed by atoms with E-state index in [2.05, 4.69) is 5.32 Å². The van der Waals surface area contributed by atoms with Crippen molar-refractivity contribution in [3.63, 3.8) is 0 Å². The summed E-state index contributed by atoms with van der Waals surface area (Å²) in [4.78, 5) is 27.0. The lowest BCUT2D eigenvalue weighted by Crippen LogP contribution is -2.41. The number of carbonyl (C=O) groups excluding carboxylic acids is 2. The molecule has 2 amide bonds. The summed E-state index contributed by atoms with van der Waals surface area (Å²) >= 11 is 0. The van der Waals surface area contributed by atoms with Crippen molar-refractivity contribution in [3.05, 3.63) is 65.0 Å². The number of carbonyl (C=O) groups is 2. The van der Waals surface area contributed by atoms with Gasteiger partial charge in [-0.15, -0.1) is 0 Å². The van der Waals surface area contributed by atoms with Gasteiger partial charge in [-0.1, -0.05) is 32.0 Å². The van der Waals surface area contributed by atoms with Crippen LogP contribution in [-0.2, 0) is 16.0 Å². The van der Waals surface area contributed by atoms with Crippen LogP contribution in [0, 0.1) is 5.82 Å². The fourth-order valence-electron chi connectivity index (χ4n) is 4.04. The lowest BCUT2D eigenvalue weighted by molar-refractivity contribution is -0.133. The second kappa shape index (κ2) is 9.94. The van der Waals surface area contributed by atoms with E-state index in [-0.39, 0.29) is 29.7 Å². The molecule has 2 aromatic carbocycles. The van der Waals surface area contributed by atoms with E-state index in [1.165, 1.54) is 12.1 Å². The van der Waals surface area contributed by atoms with Crippen molar-refractivity contribution in [2.24, 2.45) is 0 Å². The highest BCUT2D eigenvalue weighted by molar-refractivity contribution is 5.81. The molecule has 0 aromatic heterocycles. The van der Waals surface area contributed by atoms with Crippen LogP contribution in [0.4, 0.5) is 4.39 Å². The molecule has 1 N–H and O–H groups in total. The van der Waals surface area contributed by atoms with Crippen LogP contribution in [-0.4, -0.2) is 35.4 Å². The Hall–Kier alpha value is -2.89. The predicted molar refractivity (Wildman–Crippen MR) is 118 cm³/mol. The zero-order valence-electron chi connectivity index (χ0n) is 18.7. The molecule has 0 unspecified atom stereocenters. The van der Waals surface area contributed by atoms with Crippen molar-refractivity contribution in [1.82, 2.24) is 10.2 Å². The molecule has 0 bridgehead atoms. The van der Waals surface area contributed by atoms with E-state index < -0.39 is 6.10 Å². The Balaban J connectivity index is 1.98. The second-order valence-electron chi connectivity index (χ2n) is 8.19. The number of halogens is 1. The number of amides is 2. The Bertz CT molecular complexity index is 944. The molecule has 6 heteroatoms. The minimum absolute atomic E-state index is 0.0222. The molecule has 0 aliphatic carbocycles. The van der Waals surface area contributed by atoms with Gasteiger partial charge < -0.3 is 15.0 Å². The van der Waals surface area contributed by atoms with Gasteiger partial charge in [0.25, 0.3) is 5.91 Å². The highest BCUT2D eigenvalue weighted by Gasteiger charge is 2.32. The van der Waals surface area contributed by atoms with Crippen molar-refractivity contribution in [2.75, 3.05) is 6.54 Å². The van der Waals surface area contributed by atoms with Crippen molar-refractivity contribution in [2.45, 2.75) is 65.1 Å². The van der Waals surface area contributed by atoms with Gasteiger partial charge in [-0.05, 0) is 67.6 Å². The first-order chi connectivity index (χ1) is 14.8. The van der Waals surface area contributed by atoms with Gasteiger partial charge in [0.2, 0.25) is 5.91 Å². The predicted octanol–water partition coefficient (Wildman–Crippen LogP) is 4.39. The lowest BCUT2D eigenvalue weighted by atomic mass is 9.87. The molecule has 1 aliphatic rings. The normalized spacial score (nSPS) is 16.6. The third-order valence-corrected chi connectivity index (χ3v) is 5.51. The Kier molecular flexibility index (Phi) is 7.31. The van der Waals surface area contributed by atoms with Gasteiger partial charge in [0.15, 0.2) is 6.10 Å². The van der Waals surface area contributed by atoms with Crippen LogP contribution in [0.3, 0.4) is 0 Å². The second-order valence-corrected chi connectivity index (χ2v) is 8.19. The molecule has 1 heterocycles. The van der Waals surface area contributed by atoms with E-state index in [0.717, 1.165) is 23.1 Å². The number of benzene rings is 2. The van der Waals surface area contributed by atoms with E-state index in [0.29, 0.717) is 25.1 Å². The maximum Gasteiger partial charge on any atom is 0.261 e. The van der Waals surface area contributed by atoms with Crippen LogP contribution < -0.4 is 10.1 Å². The van der Waals surface area contributed by atoms with Gasteiger partial charge in [-0.3, -0.25) is 9.59 Å². The summed E-state index contributed by atoms with van der Waals surface area (Å²) in [6, 6.07) is 11.8. The zero-order valence-corrected chi connectivity index (χ0v) is 18.7. The first kappa shape index (κ1) is 22.8. The van der Waals surface area contributed by atoms with Crippen LogP contribution in [0.5, 0.6) is 5.75 Å². The number of nitrogens with one attached hydrogen (secondary N) is 1. The van der Waals surface area contributed by atoms with Crippen molar-refractivity contribution < 1.29 is 18.7 Å². The van der Waals surface area contributed by atoms with Crippen LogP contribution in [0.1, 0.15) is 63.3 Å². The molecule has 0 saturated carbocycles. The monoisotopic (exact) mass is 426 g/mol. The van der Waals surface area contributed by atoms with Crippen molar-refractivity contribution >= 4 is 11.8 Å². The Morgan fingerprint density at radius 2 is 1.97 bits per heavy atom. The maximum atomic E-state index is 14.0. The molecule has 2 aromatic rings. The maximum absolute atomic E-state index is 14.0. The fraction of sp³-hybridized carbons (Fsp3) is 0.440. The third-order valence-electron chi connectivity index (χ3n) is 5.51. The van der Waals surface area contributed by atoms with E-state index in [9.17, 15) is 14.0 Å². The largest absolute Gasteiger partial charge is 0.481 e. The number of ether oxygens (including phenoxy) is 1. The number of hydrogen-bond donors (Lipinski definition) is 1. The smallest absolute Gasteiger partial charge is 0.261 e. The molecule has 31 heavy (non-hydrogen) atoms. The fourth-order valence-corrected chi connectivity index (χ4v) is 4.04. The summed E-state index contributed by atoms with van der Waals surface area (Å²) in [6.07, 6.45) is 1.02. The molecule has 0 fully saturated rings. The Morgan fingerprint density at radius 3 is 2.61 bits per heavy atom. The van der Waals surface area contributed by atoms with Crippen molar-refractivity contribution in [1.29, 1.82) is 0 Å².